The molecule has 0 amide bonds. The van der Waals surface area contributed by atoms with Crippen LogP contribution >= 0.6 is 31.9 Å². The third kappa shape index (κ3) is 4.45. The molecule has 0 saturated carbocycles. The third-order valence-electron chi connectivity index (χ3n) is 2.89. The van der Waals surface area contributed by atoms with Crippen LogP contribution in [-0.2, 0) is 0 Å². The first-order valence-electron chi connectivity index (χ1n) is 6.48. The normalized spacial score (nSPS) is 10.7. The zero-order valence-corrected chi connectivity index (χ0v) is 15.0. The summed E-state index contributed by atoms with van der Waals surface area (Å²) in [4.78, 5) is 0. The lowest BCUT2D eigenvalue weighted by atomic mass is 10.0. The SMILES string of the molecule is C#CCOc1c(Br)cc(/C=C(/C#N)c2cccc(F)c2)cc1Br. The van der Waals surface area contributed by atoms with Gasteiger partial charge in [0.05, 0.1) is 20.6 Å². The number of hydrogen-bond donors (Lipinski definition) is 0. The van der Waals surface area contributed by atoms with Gasteiger partial charge in [0, 0.05) is 0 Å². The highest BCUT2D eigenvalue weighted by Gasteiger charge is 2.09. The monoisotopic (exact) mass is 433 g/mol. The van der Waals surface area contributed by atoms with E-state index in [0.29, 0.717) is 25.8 Å². The van der Waals surface area contributed by atoms with Gasteiger partial charge in [-0.15, -0.1) is 6.42 Å². The summed E-state index contributed by atoms with van der Waals surface area (Å²) >= 11 is 6.82. The predicted octanol–water partition coefficient (Wildman–Crippen LogP) is 5.43. The van der Waals surface area contributed by atoms with E-state index in [0.717, 1.165) is 5.56 Å². The Morgan fingerprint density at radius 1 is 1.26 bits per heavy atom. The van der Waals surface area contributed by atoms with Crippen molar-refractivity contribution in [2.45, 2.75) is 0 Å². The van der Waals surface area contributed by atoms with E-state index in [1.165, 1.54) is 12.1 Å². The minimum Gasteiger partial charge on any atom is -0.479 e. The number of hydrogen-bond acceptors (Lipinski definition) is 2. The molecule has 0 aliphatic rings. The number of halogens is 3. The molecule has 0 aliphatic carbocycles. The van der Waals surface area contributed by atoms with E-state index in [1.54, 1.807) is 30.3 Å². The molecule has 2 aromatic rings. The van der Waals surface area contributed by atoms with Crippen molar-refractivity contribution >= 4 is 43.5 Å². The van der Waals surface area contributed by atoms with Crippen molar-refractivity contribution in [3.63, 3.8) is 0 Å². The second-order valence-corrected chi connectivity index (χ2v) is 6.20. The molecule has 2 aromatic carbocycles. The Hall–Kier alpha value is -2.08. The maximum absolute atomic E-state index is 13.3. The lowest BCUT2D eigenvalue weighted by molar-refractivity contribution is 0.365. The van der Waals surface area contributed by atoms with Crippen LogP contribution in [0.15, 0.2) is 45.3 Å². The molecule has 0 heterocycles. The first-order valence-corrected chi connectivity index (χ1v) is 8.06. The van der Waals surface area contributed by atoms with E-state index in [4.69, 9.17) is 11.2 Å². The van der Waals surface area contributed by atoms with E-state index in [9.17, 15) is 9.65 Å². The molecule has 23 heavy (non-hydrogen) atoms. The second-order valence-electron chi connectivity index (χ2n) is 4.49. The van der Waals surface area contributed by atoms with Gasteiger partial charge < -0.3 is 4.74 Å². The lowest BCUT2D eigenvalue weighted by Gasteiger charge is -2.09. The van der Waals surface area contributed by atoms with Gasteiger partial charge in [0.2, 0.25) is 0 Å². The standard InChI is InChI=1S/C18H10Br2FNO/c1-2-6-23-18-16(19)8-12(9-17(18)20)7-14(11-22)13-4-3-5-15(21)10-13/h1,3-5,7-10H,6H2/b14-7-. The molecule has 5 heteroatoms. The average Bonchev–Trinajstić information content (AvgIpc) is 2.52. The molecule has 0 saturated heterocycles. The van der Waals surface area contributed by atoms with Crippen LogP contribution in [0.4, 0.5) is 4.39 Å². The Kier molecular flexibility index (Phi) is 5.98. The molecule has 0 unspecified atom stereocenters. The van der Waals surface area contributed by atoms with Gasteiger partial charge in [-0.25, -0.2) is 4.39 Å². The van der Waals surface area contributed by atoms with E-state index >= 15 is 0 Å². The fraction of sp³-hybridized carbons (Fsp3) is 0.0556. The summed E-state index contributed by atoms with van der Waals surface area (Å²) in [6, 6.07) is 11.6. The summed E-state index contributed by atoms with van der Waals surface area (Å²) < 4.78 is 20.2. The number of nitriles is 1. The Bertz CT molecular complexity index is 824. The first kappa shape index (κ1) is 17.3. The van der Waals surface area contributed by atoms with E-state index in [2.05, 4.69) is 43.8 Å². The average molecular weight is 435 g/mol. The minimum atomic E-state index is -0.385. The van der Waals surface area contributed by atoms with Crippen LogP contribution in [-0.4, -0.2) is 6.61 Å². The maximum atomic E-state index is 13.3. The molecular weight excluding hydrogens is 425 g/mol. The number of ether oxygens (including phenoxy) is 1. The summed E-state index contributed by atoms with van der Waals surface area (Å²) in [6.45, 7) is 0.152. The van der Waals surface area contributed by atoms with Crippen molar-refractivity contribution in [2.75, 3.05) is 6.61 Å². The number of benzene rings is 2. The highest BCUT2D eigenvalue weighted by molar-refractivity contribution is 9.11. The molecule has 114 valence electrons. The van der Waals surface area contributed by atoms with Gasteiger partial charge in [0.15, 0.2) is 0 Å². The predicted molar refractivity (Wildman–Crippen MR) is 96.1 cm³/mol. The van der Waals surface area contributed by atoms with Crippen LogP contribution in [0.25, 0.3) is 11.6 Å². The summed E-state index contributed by atoms with van der Waals surface area (Å²) in [5.74, 6) is 2.60. The van der Waals surface area contributed by atoms with Crippen LogP contribution in [0.5, 0.6) is 5.75 Å². The second kappa shape index (κ2) is 7.97. The summed E-state index contributed by atoms with van der Waals surface area (Å²) in [6.07, 6.45) is 6.86. The van der Waals surface area contributed by atoms with Crippen molar-refractivity contribution in [3.8, 4) is 24.2 Å². The Balaban J connectivity index is 2.42. The van der Waals surface area contributed by atoms with Crippen molar-refractivity contribution in [1.82, 2.24) is 0 Å². The third-order valence-corrected chi connectivity index (χ3v) is 4.07. The van der Waals surface area contributed by atoms with Crippen LogP contribution in [0.1, 0.15) is 11.1 Å². The fourth-order valence-corrected chi connectivity index (χ4v) is 3.37. The van der Waals surface area contributed by atoms with Crippen molar-refractivity contribution in [2.24, 2.45) is 0 Å². The quantitative estimate of drug-likeness (QED) is 0.365. The van der Waals surface area contributed by atoms with Crippen molar-refractivity contribution in [1.29, 1.82) is 5.26 Å². The number of terminal acetylenes is 1. The molecule has 0 bridgehead atoms. The number of allylic oxidation sites excluding steroid dienone is 1. The fourth-order valence-electron chi connectivity index (χ4n) is 1.92. The number of nitrogens with zero attached hydrogens (tertiary/aromatic N) is 1. The van der Waals surface area contributed by atoms with Crippen LogP contribution in [0, 0.1) is 29.5 Å². The lowest BCUT2D eigenvalue weighted by Crippen LogP contribution is -1.96. The summed E-state index contributed by atoms with van der Waals surface area (Å²) in [7, 11) is 0. The molecule has 0 aromatic heterocycles. The summed E-state index contributed by atoms with van der Waals surface area (Å²) in [5, 5.41) is 9.33. The van der Waals surface area contributed by atoms with Gasteiger partial charge in [0.1, 0.15) is 18.2 Å². The minimum absolute atomic E-state index is 0.152. The molecule has 0 N–H and O–H groups in total. The molecule has 2 rings (SSSR count). The topological polar surface area (TPSA) is 33.0 Å². The molecule has 0 atom stereocenters. The maximum Gasteiger partial charge on any atom is 0.149 e. The highest BCUT2D eigenvalue weighted by atomic mass is 79.9. The zero-order valence-electron chi connectivity index (χ0n) is 11.8. The Labute approximate surface area is 150 Å². The van der Waals surface area contributed by atoms with Gasteiger partial charge >= 0.3 is 0 Å². The largest absolute Gasteiger partial charge is 0.479 e. The number of rotatable bonds is 4. The first-order chi connectivity index (χ1) is 11.0. The smallest absolute Gasteiger partial charge is 0.149 e. The molecule has 0 fully saturated rings. The van der Waals surface area contributed by atoms with E-state index in [1.807, 2.05) is 0 Å². The van der Waals surface area contributed by atoms with E-state index in [-0.39, 0.29) is 12.4 Å². The highest BCUT2D eigenvalue weighted by Crippen LogP contribution is 2.35. The van der Waals surface area contributed by atoms with Gasteiger partial charge in [-0.1, -0.05) is 18.1 Å². The summed E-state index contributed by atoms with van der Waals surface area (Å²) in [5.41, 5.74) is 1.64. The van der Waals surface area contributed by atoms with Gasteiger partial charge in [0.25, 0.3) is 0 Å². The Morgan fingerprint density at radius 2 is 1.96 bits per heavy atom. The molecular formula is C18H10Br2FNO. The Morgan fingerprint density at radius 3 is 2.52 bits per heavy atom. The van der Waals surface area contributed by atoms with Gasteiger partial charge in [-0.05, 0) is 73.3 Å². The van der Waals surface area contributed by atoms with Crippen LogP contribution < -0.4 is 4.74 Å². The van der Waals surface area contributed by atoms with Crippen molar-refractivity contribution < 1.29 is 9.13 Å². The van der Waals surface area contributed by atoms with Gasteiger partial charge in [-0.2, -0.15) is 5.26 Å². The molecule has 0 spiro atoms. The molecule has 0 radical (unpaired) electrons. The van der Waals surface area contributed by atoms with E-state index < -0.39 is 0 Å². The zero-order chi connectivity index (χ0) is 16.8. The molecule has 0 aliphatic heterocycles. The van der Waals surface area contributed by atoms with Gasteiger partial charge in [-0.3, -0.25) is 0 Å². The van der Waals surface area contributed by atoms with Crippen LogP contribution in [0.2, 0.25) is 0 Å². The molecule has 2 nitrogen and oxygen atoms in total. The van der Waals surface area contributed by atoms with Crippen molar-refractivity contribution in [3.05, 3.63) is 62.3 Å². The van der Waals surface area contributed by atoms with Crippen LogP contribution in [0.3, 0.4) is 0 Å².